The number of para-hydroxylation sites is 1. The van der Waals surface area contributed by atoms with E-state index in [0.29, 0.717) is 11.6 Å². The third-order valence-electron chi connectivity index (χ3n) is 4.58. The summed E-state index contributed by atoms with van der Waals surface area (Å²) in [6, 6.07) is 7.54. The molecule has 1 atom stereocenters. The van der Waals surface area contributed by atoms with Gasteiger partial charge in [0.25, 0.3) is 0 Å². The Kier molecular flexibility index (Phi) is 4.12. The first-order valence-electron chi connectivity index (χ1n) is 7.61. The van der Waals surface area contributed by atoms with Crippen molar-refractivity contribution < 1.29 is 9.90 Å². The summed E-state index contributed by atoms with van der Waals surface area (Å²) in [5.41, 5.74) is 0.714. The average Bonchev–Trinajstić information content (AvgIpc) is 2.48. The Morgan fingerprint density at radius 2 is 1.95 bits per heavy atom. The molecule has 1 unspecified atom stereocenters. The van der Waals surface area contributed by atoms with Crippen molar-refractivity contribution >= 4 is 5.91 Å². The number of hydrogen-bond donors (Lipinski definition) is 1. The number of carbonyl (C=O) groups is 1. The zero-order valence-electron chi connectivity index (χ0n) is 12.5. The van der Waals surface area contributed by atoms with Gasteiger partial charge in [-0.3, -0.25) is 9.69 Å². The van der Waals surface area contributed by atoms with Crippen LogP contribution in [0.3, 0.4) is 0 Å². The van der Waals surface area contributed by atoms with Gasteiger partial charge in [-0.05, 0) is 13.1 Å². The number of hydrogen-bond acceptors (Lipinski definition) is 4. The fraction of sp³-hybridized carbons (Fsp3) is 0.562. The molecule has 0 radical (unpaired) electrons. The Hall–Kier alpha value is -1.59. The number of nitrogens with zero attached hydrogens (tertiary/aromatic N) is 3. The smallest absolute Gasteiger partial charge is 0.227 e. The molecular formula is C16H23N3O2. The van der Waals surface area contributed by atoms with Crippen molar-refractivity contribution in [1.29, 1.82) is 0 Å². The van der Waals surface area contributed by atoms with Crippen LogP contribution in [0, 0.1) is 0 Å². The lowest BCUT2D eigenvalue weighted by atomic mass is 10.1. The molecule has 2 fully saturated rings. The summed E-state index contributed by atoms with van der Waals surface area (Å²) in [5.74, 6) is 0.325. The van der Waals surface area contributed by atoms with E-state index in [1.165, 1.54) is 0 Å². The maximum atomic E-state index is 12.5. The van der Waals surface area contributed by atoms with Crippen molar-refractivity contribution in [1.82, 2.24) is 14.7 Å². The third-order valence-corrected chi connectivity index (χ3v) is 4.58. The highest BCUT2D eigenvalue weighted by Gasteiger charge is 2.32. The van der Waals surface area contributed by atoms with Crippen LogP contribution in [-0.4, -0.2) is 78.1 Å². The van der Waals surface area contributed by atoms with Crippen LogP contribution in [0.15, 0.2) is 24.3 Å². The highest BCUT2D eigenvalue weighted by atomic mass is 16.3. The lowest BCUT2D eigenvalue weighted by Gasteiger charge is -2.46. The predicted octanol–water partition coefficient (Wildman–Crippen LogP) is 0.393. The topological polar surface area (TPSA) is 47.0 Å². The third kappa shape index (κ3) is 3.19. The van der Waals surface area contributed by atoms with E-state index >= 15 is 0 Å². The molecule has 0 spiro atoms. The van der Waals surface area contributed by atoms with Crippen molar-refractivity contribution in [2.75, 3.05) is 46.3 Å². The molecular weight excluding hydrogens is 266 g/mol. The highest BCUT2D eigenvalue weighted by Crippen LogP contribution is 2.19. The first kappa shape index (κ1) is 14.4. The lowest BCUT2D eigenvalue weighted by Crippen LogP contribution is -2.62. The summed E-state index contributed by atoms with van der Waals surface area (Å²) in [6.07, 6.45) is 0.287. The fourth-order valence-electron chi connectivity index (χ4n) is 3.27. The molecule has 2 heterocycles. The quantitative estimate of drug-likeness (QED) is 0.856. The Morgan fingerprint density at radius 1 is 1.19 bits per heavy atom. The zero-order valence-corrected chi connectivity index (χ0v) is 12.5. The molecule has 0 aliphatic carbocycles. The maximum absolute atomic E-state index is 12.5. The second kappa shape index (κ2) is 6.03. The molecule has 5 nitrogen and oxygen atoms in total. The molecule has 1 aromatic rings. The molecule has 5 heteroatoms. The van der Waals surface area contributed by atoms with Gasteiger partial charge in [-0.2, -0.15) is 0 Å². The van der Waals surface area contributed by atoms with Crippen LogP contribution in [-0.2, 0) is 11.2 Å². The molecule has 1 aromatic carbocycles. The van der Waals surface area contributed by atoms with E-state index < -0.39 is 0 Å². The first-order valence-corrected chi connectivity index (χ1v) is 7.61. The molecule has 2 saturated heterocycles. The molecule has 1 amide bonds. The van der Waals surface area contributed by atoms with Crippen LogP contribution in [0.25, 0.3) is 0 Å². The van der Waals surface area contributed by atoms with E-state index in [-0.39, 0.29) is 18.1 Å². The van der Waals surface area contributed by atoms with Crippen LogP contribution in [0.2, 0.25) is 0 Å². The van der Waals surface area contributed by atoms with E-state index in [1.807, 2.05) is 17.0 Å². The van der Waals surface area contributed by atoms with Crippen molar-refractivity contribution in [3.63, 3.8) is 0 Å². The molecule has 1 N–H and O–H groups in total. The zero-order chi connectivity index (χ0) is 14.8. The van der Waals surface area contributed by atoms with Crippen molar-refractivity contribution in [2.45, 2.75) is 12.5 Å². The summed E-state index contributed by atoms with van der Waals surface area (Å²) >= 11 is 0. The monoisotopic (exact) mass is 289 g/mol. The van der Waals surface area contributed by atoms with Gasteiger partial charge in [-0.25, -0.2) is 0 Å². The highest BCUT2D eigenvalue weighted by molar-refractivity contribution is 5.79. The van der Waals surface area contributed by atoms with Gasteiger partial charge < -0.3 is 14.9 Å². The standard InChI is InChI=1S/C16H23N3O2/c1-17-6-7-18-8-9-19(12-14(18)11-17)16(21)10-13-4-2-3-5-15(13)20/h2-5,14,20H,6-12H2,1H3. The number of piperazine rings is 2. The van der Waals surface area contributed by atoms with Crippen molar-refractivity contribution in [3.8, 4) is 5.75 Å². The minimum atomic E-state index is 0.115. The van der Waals surface area contributed by atoms with Crippen LogP contribution in [0.1, 0.15) is 5.56 Å². The second-order valence-corrected chi connectivity index (χ2v) is 6.10. The summed E-state index contributed by atoms with van der Waals surface area (Å²) in [6.45, 7) is 5.81. The van der Waals surface area contributed by atoms with Crippen LogP contribution >= 0.6 is 0 Å². The van der Waals surface area contributed by atoms with Gasteiger partial charge >= 0.3 is 0 Å². The van der Waals surface area contributed by atoms with Gasteiger partial charge in [0.1, 0.15) is 5.75 Å². The number of likely N-dealkylation sites (N-methyl/N-ethyl adjacent to an activating group) is 1. The SMILES string of the molecule is CN1CCN2CCN(C(=O)Cc3ccccc3O)CC2C1. The van der Waals surface area contributed by atoms with E-state index in [4.69, 9.17) is 0 Å². The number of benzene rings is 1. The van der Waals surface area contributed by atoms with Crippen molar-refractivity contribution in [2.24, 2.45) is 0 Å². The fourth-order valence-corrected chi connectivity index (χ4v) is 3.27. The number of aromatic hydroxyl groups is 1. The number of amides is 1. The number of rotatable bonds is 2. The summed E-state index contributed by atoms with van der Waals surface area (Å²) in [7, 11) is 2.14. The van der Waals surface area contributed by atoms with Gasteiger partial charge in [-0.15, -0.1) is 0 Å². The van der Waals surface area contributed by atoms with Crippen LogP contribution < -0.4 is 0 Å². The molecule has 0 bridgehead atoms. The molecule has 0 aromatic heterocycles. The predicted molar refractivity (Wildman–Crippen MR) is 81.2 cm³/mol. The van der Waals surface area contributed by atoms with Gasteiger partial charge in [-0.1, -0.05) is 18.2 Å². The molecule has 3 rings (SSSR count). The summed E-state index contributed by atoms with van der Waals surface area (Å²) in [4.78, 5) is 19.2. The molecule has 2 aliphatic rings. The number of phenols is 1. The normalized spacial score (nSPS) is 23.9. The molecule has 2 aliphatic heterocycles. The summed E-state index contributed by atoms with van der Waals surface area (Å²) in [5, 5.41) is 9.79. The van der Waals surface area contributed by atoms with E-state index in [0.717, 1.165) is 39.3 Å². The van der Waals surface area contributed by atoms with Crippen LogP contribution in [0.5, 0.6) is 5.75 Å². The number of fused-ring (bicyclic) bond motifs is 1. The minimum absolute atomic E-state index is 0.115. The van der Waals surface area contributed by atoms with Crippen LogP contribution in [0.4, 0.5) is 0 Å². The van der Waals surface area contributed by atoms with E-state index in [1.54, 1.807) is 12.1 Å². The number of phenolic OH excluding ortho intramolecular Hbond substituents is 1. The number of carbonyl (C=O) groups excluding carboxylic acids is 1. The van der Waals surface area contributed by atoms with Gasteiger partial charge in [0.2, 0.25) is 5.91 Å². The average molecular weight is 289 g/mol. The Labute approximate surface area is 125 Å². The molecule has 21 heavy (non-hydrogen) atoms. The second-order valence-electron chi connectivity index (χ2n) is 6.10. The Bertz CT molecular complexity index is 520. The largest absolute Gasteiger partial charge is 0.508 e. The molecule has 114 valence electrons. The Balaban J connectivity index is 1.62. The molecule has 0 saturated carbocycles. The maximum Gasteiger partial charge on any atom is 0.227 e. The first-order chi connectivity index (χ1) is 10.1. The van der Waals surface area contributed by atoms with Gasteiger partial charge in [0.05, 0.1) is 6.42 Å². The van der Waals surface area contributed by atoms with Gasteiger partial charge in [0.15, 0.2) is 0 Å². The van der Waals surface area contributed by atoms with Gasteiger partial charge in [0, 0.05) is 50.9 Å². The minimum Gasteiger partial charge on any atom is -0.508 e. The Morgan fingerprint density at radius 3 is 2.76 bits per heavy atom. The van der Waals surface area contributed by atoms with E-state index in [2.05, 4.69) is 16.8 Å². The summed E-state index contributed by atoms with van der Waals surface area (Å²) < 4.78 is 0. The van der Waals surface area contributed by atoms with Crippen molar-refractivity contribution in [3.05, 3.63) is 29.8 Å². The van der Waals surface area contributed by atoms with E-state index in [9.17, 15) is 9.90 Å². The lowest BCUT2D eigenvalue weighted by molar-refractivity contribution is -0.134.